The van der Waals surface area contributed by atoms with Crippen molar-refractivity contribution in [3.05, 3.63) is 0 Å². The highest BCUT2D eigenvalue weighted by Crippen LogP contribution is 1.93. The lowest BCUT2D eigenvalue weighted by molar-refractivity contribution is -0.117. The molecular formula is C7H16N4O. The van der Waals surface area contributed by atoms with Gasteiger partial charge >= 0.3 is 0 Å². The van der Waals surface area contributed by atoms with Crippen molar-refractivity contribution in [3.8, 4) is 0 Å². The first kappa shape index (κ1) is 10.9. The molecule has 0 fully saturated rings. The molecule has 12 heavy (non-hydrogen) atoms. The van der Waals surface area contributed by atoms with Gasteiger partial charge in [-0.25, -0.2) is 0 Å². The molecule has 70 valence electrons. The molecule has 6 N–H and O–H groups in total. The Bertz CT molecular complexity index is 157. The van der Waals surface area contributed by atoms with Gasteiger partial charge in [0.05, 0.1) is 6.54 Å². The second-order valence-electron chi connectivity index (χ2n) is 2.54. The van der Waals surface area contributed by atoms with E-state index in [1.165, 1.54) is 0 Å². The number of rotatable bonds is 6. The molecule has 0 saturated heterocycles. The van der Waals surface area contributed by atoms with Gasteiger partial charge in [-0.1, -0.05) is 0 Å². The molecule has 5 heteroatoms. The Morgan fingerprint density at radius 1 is 1.42 bits per heavy atom. The third-order valence-electron chi connectivity index (χ3n) is 1.43. The maximum absolute atomic E-state index is 10.7. The minimum atomic E-state index is -0.0276. The molecule has 0 unspecified atom stereocenters. The van der Waals surface area contributed by atoms with Crippen molar-refractivity contribution in [2.45, 2.75) is 19.3 Å². The lowest BCUT2D eigenvalue weighted by Gasteiger charge is -2.01. The molecule has 0 amide bonds. The van der Waals surface area contributed by atoms with E-state index >= 15 is 0 Å². The van der Waals surface area contributed by atoms with Crippen LogP contribution in [0.1, 0.15) is 19.3 Å². The zero-order valence-electron chi connectivity index (χ0n) is 7.10. The standard InChI is InChI=1S/C7H16N4O/c8-5-6(12)3-1-2-4-11-7(9)10/h1-5,8H2,(H4,9,10,11). The molecule has 0 aromatic carbocycles. The molecule has 0 bridgehead atoms. The number of unbranched alkanes of at least 4 members (excludes halogenated alkanes) is 1. The summed E-state index contributed by atoms with van der Waals surface area (Å²) in [7, 11) is 0. The van der Waals surface area contributed by atoms with Gasteiger partial charge in [-0.2, -0.15) is 0 Å². The van der Waals surface area contributed by atoms with Crippen LogP contribution in [0.2, 0.25) is 0 Å². The molecule has 0 saturated carbocycles. The number of hydrogen-bond donors (Lipinski definition) is 4. The average molecular weight is 172 g/mol. The van der Waals surface area contributed by atoms with Gasteiger partial charge in [0, 0.05) is 13.0 Å². The maximum Gasteiger partial charge on any atom is 0.185 e. The van der Waals surface area contributed by atoms with Crippen LogP contribution in [0, 0.1) is 5.41 Å². The van der Waals surface area contributed by atoms with Crippen molar-refractivity contribution in [3.63, 3.8) is 0 Å². The molecule has 5 nitrogen and oxygen atoms in total. The Labute approximate surface area is 72.0 Å². The minimum absolute atomic E-state index is 0.0276. The normalized spacial score (nSPS) is 9.42. The third-order valence-corrected chi connectivity index (χ3v) is 1.43. The Morgan fingerprint density at radius 3 is 2.58 bits per heavy atom. The Kier molecular flexibility index (Phi) is 6.00. The fourth-order valence-corrected chi connectivity index (χ4v) is 0.772. The zero-order valence-corrected chi connectivity index (χ0v) is 7.10. The summed E-state index contributed by atoms with van der Waals surface area (Å²) in [6.45, 7) is 0.771. The zero-order chi connectivity index (χ0) is 9.40. The summed E-state index contributed by atoms with van der Waals surface area (Å²) in [5.41, 5.74) is 10.2. The van der Waals surface area contributed by atoms with E-state index in [1.54, 1.807) is 0 Å². The van der Waals surface area contributed by atoms with E-state index in [2.05, 4.69) is 5.32 Å². The van der Waals surface area contributed by atoms with Crippen LogP contribution in [-0.4, -0.2) is 24.8 Å². The number of nitrogens with one attached hydrogen (secondary N) is 2. The number of carbonyl (C=O) groups excluding carboxylic acids is 1. The molecule has 0 aromatic rings. The molecule has 0 spiro atoms. The van der Waals surface area contributed by atoms with E-state index < -0.39 is 0 Å². The summed E-state index contributed by atoms with van der Waals surface area (Å²) in [4.78, 5) is 10.7. The second kappa shape index (κ2) is 6.60. The summed E-state index contributed by atoms with van der Waals surface area (Å²) < 4.78 is 0. The lowest BCUT2D eigenvalue weighted by Crippen LogP contribution is -2.30. The van der Waals surface area contributed by atoms with Gasteiger partial charge in [0.2, 0.25) is 0 Å². The van der Waals surface area contributed by atoms with Crippen LogP contribution in [0.5, 0.6) is 0 Å². The first-order valence-electron chi connectivity index (χ1n) is 3.96. The van der Waals surface area contributed by atoms with Gasteiger partial charge in [-0.3, -0.25) is 10.2 Å². The number of Topliss-reactive ketones (excluding diaryl/α,β-unsaturated/α-hetero) is 1. The topological polar surface area (TPSA) is 105 Å². The van der Waals surface area contributed by atoms with Crippen molar-refractivity contribution in [1.82, 2.24) is 5.32 Å². The van der Waals surface area contributed by atoms with E-state index in [9.17, 15) is 4.79 Å². The molecule has 0 radical (unpaired) electrons. The molecule has 0 aromatic heterocycles. The Hall–Kier alpha value is -1.10. The quantitative estimate of drug-likeness (QED) is 0.238. The van der Waals surface area contributed by atoms with Crippen molar-refractivity contribution < 1.29 is 4.79 Å². The molecule has 0 rings (SSSR count). The molecular weight excluding hydrogens is 156 g/mol. The first-order valence-corrected chi connectivity index (χ1v) is 3.96. The maximum atomic E-state index is 10.7. The van der Waals surface area contributed by atoms with E-state index in [4.69, 9.17) is 16.9 Å². The summed E-state index contributed by atoms with van der Waals surface area (Å²) in [5, 5.41) is 9.49. The van der Waals surface area contributed by atoms with Crippen molar-refractivity contribution >= 4 is 11.7 Å². The van der Waals surface area contributed by atoms with Gasteiger partial charge in [0.15, 0.2) is 5.96 Å². The van der Waals surface area contributed by atoms with E-state index in [0.29, 0.717) is 13.0 Å². The monoisotopic (exact) mass is 172 g/mol. The lowest BCUT2D eigenvalue weighted by atomic mass is 10.2. The van der Waals surface area contributed by atoms with Crippen molar-refractivity contribution in [1.29, 1.82) is 5.41 Å². The van der Waals surface area contributed by atoms with Crippen LogP contribution >= 0.6 is 0 Å². The second-order valence-corrected chi connectivity index (χ2v) is 2.54. The average Bonchev–Trinajstić information content (AvgIpc) is 2.03. The van der Waals surface area contributed by atoms with Crippen LogP contribution in [0.15, 0.2) is 0 Å². The fourth-order valence-electron chi connectivity index (χ4n) is 0.772. The largest absolute Gasteiger partial charge is 0.370 e. The van der Waals surface area contributed by atoms with Crippen molar-refractivity contribution in [2.75, 3.05) is 13.1 Å². The highest BCUT2D eigenvalue weighted by atomic mass is 16.1. The minimum Gasteiger partial charge on any atom is -0.370 e. The van der Waals surface area contributed by atoms with Crippen LogP contribution in [0.4, 0.5) is 0 Å². The predicted octanol–water partition coefficient (Wildman–Crippen LogP) is -0.832. The molecule has 0 atom stereocenters. The Balaban J connectivity index is 3.11. The van der Waals surface area contributed by atoms with Crippen LogP contribution < -0.4 is 16.8 Å². The number of guanidine groups is 1. The summed E-state index contributed by atoms with van der Waals surface area (Å²) >= 11 is 0. The third kappa shape index (κ3) is 7.01. The number of nitrogens with two attached hydrogens (primary N) is 2. The Morgan fingerprint density at radius 2 is 2.08 bits per heavy atom. The molecule has 0 aliphatic heterocycles. The SMILES string of the molecule is N=C(N)NCCCCC(=O)CN. The first-order chi connectivity index (χ1) is 5.66. The summed E-state index contributed by atoms with van der Waals surface area (Å²) in [5.74, 6) is 0.0537. The van der Waals surface area contributed by atoms with E-state index in [1.807, 2.05) is 0 Å². The van der Waals surface area contributed by atoms with Crippen LogP contribution in [0.25, 0.3) is 0 Å². The summed E-state index contributed by atoms with van der Waals surface area (Å²) in [6.07, 6.45) is 2.16. The number of hydrogen-bond acceptors (Lipinski definition) is 3. The number of ketones is 1. The van der Waals surface area contributed by atoms with E-state index in [0.717, 1.165) is 12.8 Å². The highest BCUT2D eigenvalue weighted by molar-refractivity contribution is 5.80. The molecule has 0 aliphatic carbocycles. The van der Waals surface area contributed by atoms with Crippen LogP contribution in [-0.2, 0) is 4.79 Å². The van der Waals surface area contributed by atoms with Gasteiger partial charge in [0.25, 0.3) is 0 Å². The fraction of sp³-hybridized carbons (Fsp3) is 0.714. The van der Waals surface area contributed by atoms with Crippen molar-refractivity contribution in [2.24, 2.45) is 11.5 Å². The van der Waals surface area contributed by atoms with Gasteiger partial charge in [-0.15, -0.1) is 0 Å². The smallest absolute Gasteiger partial charge is 0.185 e. The highest BCUT2D eigenvalue weighted by Gasteiger charge is 1.97. The number of carbonyl (C=O) groups is 1. The van der Waals surface area contributed by atoms with Gasteiger partial charge in [-0.05, 0) is 12.8 Å². The van der Waals surface area contributed by atoms with Gasteiger partial charge in [0.1, 0.15) is 5.78 Å². The molecule has 0 heterocycles. The van der Waals surface area contributed by atoms with Gasteiger partial charge < -0.3 is 16.8 Å². The summed E-state index contributed by atoms with van der Waals surface area (Å²) in [6, 6.07) is 0. The molecule has 0 aliphatic rings. The van der Waals surface area contributed by atoms with Crippen LogP contribution in [0.3, 0.4) is 0 Å². The van der Waals surface area contributed by atoms with E-state index in [-0.39, 0.29) is 18.3 Å². The predicted molar refractivity (Wildman–Crippen MR) is 47.8 cm³/mol.